The average molecular weight is 308 g/mol. The number of nitrogens with one attached hydrogen (secondary N) is 1. The van der Waals surface area contributed by atoms with Crippen molar-refractivity contribution in [1.82, 2.24) is 10.3 Å². The van der Waals surface area contributed by atoms with E-state index in [1.807, 2.05) is 24.2 Å². The first-order valence-corrected chi connectivity index (χ1v) is 7.34. The molecule has 0 radical (unpaired) electrons. The van der Waals surface area contributed by atoms with Crippen LogP contribution in [0.5, 0.6) is 0 Å². The minimum atomic E-state index is -0.261. The van der Waals surface area contributed by atoms with E-state index in [4.69, 9.17) is 11.6 Å². The normalized spacial score (nSPS) is 10.7. The number of benzene rings is 1. The first-order valence-electron chi connectivity index (χ1n) is 6.96. The molecule has 0 aliphatic heterocycles. The van der Waals surface area contributed by atoms with Gasteiger partial charge in [0.25, 0.3) is 0 Å². The van der Waals surface area contributed by atoms with Gasteiger partial charge in [-0.3, -0.25) is 0 Å². The molecule has 0 fully saturated rings. The summed E-state index contributed by atoms with van der Waals surface area (Å²) in [4.78, 5) is 6.25. The summed E-state index contributed by atoms with van der Waals surface area (Å²) in [5, 5.41) is 3.89. The van der Waals surface area contributed by atoms with Gasteiger partial charge < -0.3 is 10.2 Å². The second-order valence-electron chi connectivity index (χ2n) is 4.86. The molecule has 0 saturated carbocycles. The Morgan fingerprint density at radius 1 is 1.29 bits per heavy atom. The van der Waals surface area contributed by atoms with Crippen LogP contribution < -0.4 is 10.2 Å². The first-order chi connectivity index (χ1) is 10.1. The summed E-state index contributed by atoms with van der Waals surface area (Å²) in [6, 6.07) is 8.15. The van der Waals surface area contributed by atoms with Gasteiger partial charge >= 0.3 is 0 Å². The van der Waals surface area contributed by atoms with Gasteiger partial charge in [0.05, 0.1) is 5.02 Å². The van der Waals surface area contributed by atoms with Crippen molar-refractivity contribution in [3.05, 3.63) is 52.9 Å². The highest BCUT2D eigenvalue weighted by atomic mass is 35.5. The maximum absolute atomic E-state index is 13.0. The third kappa shape index (κ3) is 4.16. The summed E-state index contributed by atoms with van der Waals surface area (Å²) < 4.78 is 13.0. The lowest BCUT2D eigenvalue weighted by molar-refractivity contribution is 0.628. The van der Waals surface area contributed by atoms with Gasteiger partial charge in [0.1, 0.15) is 5.82 Å². The van der Waals surface area contributed by atoms with E-state index in [2.05, 4.69) is 17.2 Å². The topological polar surface area (TPSA) is 28.2 Å². The molecule has 0 atom stereocenters. The van der Waals surface area contributed by atoms with Crippen LogP contribution in [-0.2, 0) is 6.54 Å². The highest BCUT2D eigenvalue weighted by Gasteiger charge is 2.10. The zero-order valence-corrected chi connectivity index (χ0v) is 13.0. The molecule has 0 saturated heterocycles. The molecule has 5 heteroatoms. The van der Waals surface area contributed by atoms with Crippen molar-refractivity contribution in [3.8, 4) is 0 Å². The van der Waals surface area contributed by atoms with Gasteiger partial charge in [0.2, 0.25) is 0 Å². The molecule has 0 bridgehead atoms. The van der Waals surface area contributed by atoms with Gasteiger partial charge in [-0.15, -0.1) is 0 Å². The van der Waals surface area contributed by atoms with E-state index in [0.717, 1.165) is 30.8 Å². The molecule has 112 valence electrons. The summed E-state index contributed by atoms with van der Waals surface area (Å²) in [5.41, 5.74) is 1.88. The molecule has 1 heterocycles. The van der Waals surface area contributed by atoms with E-state index in [1.54, 1.807) is 12.1 Å². The molecule has 21 heavy (non-hydrogen) atoms. The van der Waals surface area contributed by atoms with Crippen LogP contribution in [0.15, 0.2) is 36.5 Å². The summed E-state index contributed by atoms with van der Waals surface area (Å²) >= 11 is 6.31. The fourth-order valence-corrected chi connectivity index (χ4v) is 2.33. The molecule has 2 aromatic rings. The Bertz CT molecular complexity index is 587. The molecule has 1 N–H and O–H groups in total. The third-order valence-corrected chi connectivity index (χ3v) is 3.44. The van der Waals surface area contributed by atoms with Gasteiger partial charge in [-0.2, -0.15) is 0 Å². The van der Waals surface area contributed by atoms with Crippen molar-refractivity contribution in [2.24, 2.45) is 0 Å². The minimum absolute atomic E-state index is 0.261. The molecular formula is C16H19ClFN3. The number of hydrogen-bond donors (Lipinski definition) is 1. The molecule has 1 aromatic carbocycles. The Labute approximate surface area is 129 Å². The summed E-state index contributed by atoms with van der Waals surface area (Å²) in [5.74, 6) is 0.395. The number of pyridine rings is 1. The largest absolute Gasteiger partial charge is 0.328 e. The Hall–Kier alpha value is -1.65. The zero-order valence-electron chi connectivity index (χ0n) is 12.2. The maximum Gasteiger partial charge on any atom is 0.151 e. The molecule has 1 aromatic heterocycles. The SMILES string of the molecule is CCCNCc1cnc(N(C)c2ccc(F)cc2)c(Cl)c1. The van der Waals surface area contributed by atoms with Gasteiger partial charge in [0, 0.05) is 25.5 Å². The molecule has 3 nitrogen and oxygen atoms in total. The van der Waals surface area contributed by atoms with Crippen molar-refractivity contribution in [1.29, 1.82) is 0 Å². The highest BCUT2D eigenvalue weighted by molar-refractivity contribution is 6.33. The number of aromatic nitrogens is 1. The smallest absolute Gasteiger partial charge is 0.151 e. The summed E-state index contributed by atoms with van der Waals surface area (Å²) in [6.45, 7) is 3.84. The van der Waals surface area contributed by atoms with Gasteiger partial charge in [-0.05, 0) is 48.9 Å². The number of hydrogen-bond acceptors (Lipinski definition) is 3. The Balaban J connectivity index is 2.14. The van der Waals surface area contributed by atoms with Crippen LogP contribution in [0.25, 0.3) is 0 Å². The maximum atomic E-state index is 13.0. The Kier molecular flexibility index (Phi) is 5.53. The monoisotopic (exact) mass is 307 g/mol. The number of nitrogens with zero attached hydrogens (tertiary/aromatic N) is 2. The first kappa shape index (κ1) is 15.7. The highest BCUT2D eigenvalue weighted by Crippen LogP contribution is 2.29. The summed E-state index contributed by atoms with van der Waals surface area (Å²) in [7, 11) is 1.86. The minimum Gasteiger partial charge on any atom is -0.328 e. The van der Waals surface area contributed by atoms with Gasteiger partial charge in [0.15, 0.2) is 5.82 Å². The van der Waals surface area contributed by atoms with E-state index in [0.29, 0.717) is 10.8 Å². The van der Waals surface area contributed by atoms with Crippen molar-refractivity contribution < 1.29 is 4.39 Å². The fraction of sp³-hybridized carbons (Fsp3) is 0.312. The predicted molar refractivity (Wildman–Crippen MR) is 85.7 cm³/mol. The lowest BCUT2D eigenvalue weighted by atomic mass is 10.2. The fourth-order valence-electron chi connectivity index (χ4n) is 2.01. The predicted octanol–water partition coefficient (Wildman–Crippen LogP) is 4.14. The molecule has 0 spiro atoms. The molecule has 0 unspecified atom stereocenters. The average Bonchev–Trinajstić information content (AvgIpc) is 2.48. The van der Waals surface area contributed by atoms with Crippen LogP contribution >= 0.6 is 11.6 Å². The quantitative estimate of drug-likeness (QED) is 0.813. The Morgan fingerprint density at radius 3 is 2.62 bits per heavy atom. The summed E-state index contributed by atoms with van der Waals surface area (Å²) in [6.07, 6.45) is 2.90. The van der Waals surface area contributed by atoms with E-state index < -0.39 is 0 Å². The zero-order chi connectivity index (χ0) is 15.2. The van der Waals surface area contributed by atoms with Crippen molar-refractivity contribution in [2.45, 2.75) is 19.9 Å². The van der Waals surface area contributed by atoms with E-state index >= 15 is 0 Å². The molecule has 0 amide bonds. The van der Waals surface area contributed by atoms with Crippen LogP contribution in [0.4, 0.5) is 15.9 Å². The van der Waals surface area contributed by atoms with Gasteiger partial charge in [-0.25, -0.2) is 9.37 Å². The van der Waals surface area contributed by atoms with E-state index in [-0.39, 0.29) is 5.82 Å². The lowest BCUT2D eigenvalue weighted by Crippen LogP contribution is -2.15. The van der Waals surface area contributed by atoms with Crippen molar-refractivity contribution >= 4 is 23.1 Å². The van der Waals surface area contributed by atoms with Gasteiger partial charge in [-0.1, -0.05) is 18.5 Å². The number of rotatable bonds is 6. The standard InChI is InChI=1S/C16H19ClFN3/c1-3-8-19-10-12-9-15(17)16(20-11-12)21(2)14-6-4-13(18)5-7-14/h4-7,9,11,19H,3,8,10H2,1-2H3. The molecule has 0 aliphatic rings. The van der Waals surface area contributed by atoms with Crippen molar-refractivity contribution in [2.75, 3.05) is 18.5 Å². The number of halogens is 2. The van der Waals surface area contributed by atoms with Crippen molar-refractivity contribution in [3.63, 3.8) is 0 Å². The number of anilines is 2. The molecule has 0 aliphatic carbocycles. The lowest BCUT2D eigenvalue weighted by Gasteiger charge is -2.20. The second kappa shape index (κ2) is 7.38. The van der Waals surface area contributed by atoms with Crippen LogP contribution in [0, 0.1) is 5.82 Å². The Morgan fingerprint density at radius 2 is 2.00 bits per heavy atom. The van der Waals surface area contributed by atoms with Crippen LogP contribution in [0.1, 0.15) is 18.9 Å². The van der Waals surface area contributed by atoms with Crippen LogP contribution in [-0.4, -0.2) is 18.6 Å². The van der Waals surface area contributed by atoms with E-state index in [9.17, 15) is 4.39 Å². The molecule has 2 rings (SSSR count). The second-order valence-corrected chi connectivity index (χ2v) is 5.27. The van der Waals surface area contributed by atoms with E-state index in [1.165, 1.54) is 12.1 Å². The molecular weight excluding hydrogens is 289 g/mol. The van der Waals surface area contributed by atoms with Crippen LogP contribution in [0.3, 0.4) is 0 Å². The van der Waals surface area contributed by atoms with Crippen LogP contribution in [0.2, 0.25) is 5.02 Å². The third-order valence-electron chi connectivity index (χ3n) is 3.17.